The molecule has 3 aromatic carbocycles. The van der Waals surface area contributed by atoms with Crippen LogP contribution in [0.25, 0.3) is 16.9 Å². The van der Waals surface area contributed by atoms with E-state index in [4.69, 9.17) is 9.17 Å². The Balaban J connectivity index is 1.44. The molecule has 0 spiro atoms. The number of nitrogens with one attached hydrogen (secondary N) is 1. The van der Waals surface area contributed by atoms with Crippen molar-refractivity contribution >= 4 is 37.5 Å². The maximum absolute atomic E-state index is 13.0. The van der Waals surface area contributed by atoms with Gasteiger partial charge in [-0.15, -0.1) is 0 Å². The first-order chi connectivity index (χ1) is 18.1. The Bertz CT molecular complexity index is 1710. The van der Waals surface area contributed by atoms with Crippen molar-refractivity contribution in [1.82, 2.24) is 9.38 Å². The predicted octanol–water partition coefficient (Wildman–Crippen LogP) is 7.16. The lowest BCUT2D eigenvalue weighted by molar-refractivity contribution is -0.137. The van der Waals surface area contributed by atoms with Crippen molar-refractivity contribution in [2.75, 3.05) is 5.32 Å². The second-order valence-electron chi connectivity index (χ2n) is 8.31. The summed E-state index contributed by atoms with van der Waals surface area (Å²) in [7, 11) is -4.48. The van der Waals surface area contributed by atoms with Crippen molar-refractivity contribution < 1.29 is 25.8 Å². The highest BCUT2D eigenvalue weighted by Gasteiger charge is 2.32. The Labute approximate surface area is 225 Å². The summed E-state index contributed by atoms with van der Waals surface area (Å²) in [4.78, 5) is 4.15. The minimum atomic E-state index is -4.68. The van der Waals surface area contributed by atoms with E-state index in [2.05, 4.69) is 21.2 Å². The molecule has 0 radical (unpaired) electrons. The molecule has 0 atom stereocenters. The molecule has 6 nitrogen and oxygen atoms in total. The number of hydrogen-bond donors (Lipinski definition) is 1. The van der Waals surface area contributed by atoms with Gasteiger partial charge in [0.25, 0.3) is 0 Å². The Morgan fingerprint density at radius 2 is 1.66 bits per heavy atom. The fourth-order valence-corrected chi connectivity index (χ4v) is 5.16. The number of imidazole rings is 1. The summed E-state index contributed by atoms with van der Waals surface area (Å²) >= 11 is 3.49. The van der Waals surface area contributed by atoms with Crippen LogP contribution in [0.5, 0.6) is 5.75 Å². The summed E-state index contributed by atoms with van der Waals surface area (Å²) in [6.45, 7) is 0.546. The molecule has 11 heteroatoms. The molecule has 0 aliphatic heterocycles. The number of nitrogens with zero attached hydrogens (tertiary/aromatic N) is 2. The van der Waals surface area contributed by atoms with E-state index in [0.717, 1.165) is 34.1 Å². The standard InChI is InChI=1S/C27H19BrF3N3O3S/c28-21-11-14-24-33-25(26(34(24)17-21)32-16-18-5-2-1-3-6-18)19-9-12-22(13-10-19)37-38(35,36)23-8-4-7-20(15-23)27(29,30)31/h1-15,17,32H,16H2. The van der Waals surface area contributed by atoms with Crippen LogP contribution in [0.4, 0.5) is 19.0 Å². The van der Waals surface area contributed by atoms with Crippen LogP contribution in [0.2, 0.25) is 0 Å². The molecule has 0 aliphatic carbocycles. The van der Waals surface area contributed by atoms with Gasteiger partial charge in [0.1, 0.15) is 27.8 Å². The van der Waals surface area contributed by atoms with Gasteiger partial charge in [0.05, 0.1) is 5.56 Å². The van der Waals surface area contributed by atoms with Crippen molar-refractivity contribution in [1.29, 1.82) is 0 Å². The van der Waals surface area contributed by atoms with E-state index in [0.29, 0.717) is 29.5 Å². The highest BCUT2D eigenvalue weighted by Crippen LogP contribution is 2.33. The Kier molecular flexibility index (Phi) is 6.89. The van der Waals surface area contributed by atoms with E-state index in [1.165, 1.54) is 12.1 Å². The van der Waals surface area contributed by atoms with Gasteiger partial charge in [0.2, 0.25) is 0 Å². The second-order valence-corrected chi connectivity index (χ2v) is 10.8. The number of aromatic nitrogens is 2. The molecule has 0 aliphatic rings. The summed E-state index contributed by atoms with van der Waals surface area (Å²) in [6, 6.07) is 23.2. The normalized spacial score (nSPS) is 12.0. The lowest BCUT2D eigenvalue weighted by Gasteiger charge is -2.11. The Morgan fingerprint density at radius 1 is 0.921 bits per heavy atom. The average Bonchev–Trinajstić information content (AvgIpc) is 3.25. The largest absolute Gasteiger partial charge is 0.416 e. The van der Waals surface area contributed by atoms with Crippen LogP contribution < -0.4 is 9.50 Å². The topological polar surface area (TPSA) is 72.7 Å². The third-order valence-corrected chi connectivity index (χ3v) is 7.38. The molecule has 1 N–H and O–H groups in total. The van der Waals surface area contributed by atoms with Gasteiger partial charge in [0.15, 0.2) is 0 Å². The number of halogens is 4. The van der Waals surface area contributed by atoms with E-state index >= 15 is 0 Å². The number of rotatable bonds is 7. The lowest BCUT2D eigenvalue weighted by Crippen LogP contribution is -2.12. The van der Waals surface area contributed by atoms with E-state index < -0.39 is 26.8 Å². The highest BCUT2D eigenvalue weighted by atomic mass is 79.9. The molecule has 5 aromatic rings. The van der Waals surface area contributed by atoms with Crippen molar-refractivity contribution in [2.45, 2.75) is 17.6 Å². The predicted molar refractivity (Wildman–Crippen MR) is 141 cm³/mol. The average molecular weight is 602 g/mol. The van der Waals surface area contributed by atoms with E-state index in [-0.39, 0.29) is 5.75 Å². The van der Waals surface area contributed by atoms with E-state index in [1.54, 1.807) is 12.1 Å². The van der Waals surface area contributed by atoms with E-state index in [9.17, 15) is 21.6 Å². The monoisotopic (exact) mass is 601 g/mol. The molecule has 0 unspecified atom stereocenters. The third-order valence-electron chi connectivity index (χ3n) is 5.67. The number of benzene rings is 3. The van der Waals surface area contributed by atoms with Crippen LogP contribution in [0.3, 0.4) is 0 Å². The smallest absolute Gasteiger partial charge is 0.379 e. The summed E-state index contributed by atoms with van der Waals surface area (Å²) in [6.07, 6.45) is -2.79. The lowest BCUT2D eigenvalue weighted by atomic mass is 10.1. The number of hydrogen-bond acceptors (Lipinski definition) is 5. The molecule has 0 fully saturated rings. The highest BCUT2D eigenvalue weighted by molar-refractivity contribution is 9.10. The SMILES string of the molecule is O=S(=O)(Oc1ccc(-c2nc3ccc(Br)cn3c2NCc2ccccc2)cc1)c1cccc(C(F)(F)F)c1. The Morgan fingerprint density at radius 3 is 2.37 bits per heavy atom. The molecule has 2 heterocycles. The third kappa shape index (κ3) is 5.53. The first-order valence-corrected chi connectivity index (χ1v) is 13.5. The molecule has 0 amide bonds. The summed E-state index contributed by atoms with van der Waals surface area (Å²) < 4.78 is 72.2. The zero-order valence-electron chi connectivity index (χ0n) is 19.5. The summed E-state index contributed by atoms with van der Waals surface area (Å²) in [5.41, 5.74) is 2.01. The van der Waals surface area contributed by atoms with Gasteiger partial charge in [-0.1, -0.05) is 36.4 Å². The van der Waals surface area contributed by atoms with Crippen molar-refractivity contribution in [3.63, 3.8) is 0 Å². The first-order valence-electron chi connectivity index (χ1n) is 11.3. The molecular formula is C27H19BrF3N3O3S. The number of anilines is 1. The van der Waals surface area contributed by atoms with Crippen LogP contribution >= 0.6 is 15.9 Å². The van der Waals surface area contributed by atoms with Gasteiger partial charge in [-0.3, -0.25) is 4.40 Å². The molecule has 0 saturated heterocycles. The van der Waals surface area contributed by atoms with Crippen LogP contribution in [0, 0.1) is 0 Å². The van der Waals surface area contributed by atoms with Crippen molar-refractivity contribution in [3.05, 3.63) is 113 Å². The van der Waals surface area contributed by atoms with Gasteiger partial charge < -0.3 is 9.50 Å². The molecule has 194 valence electrons. The van der Waals surface area contributed by atoms with Crippen molar-refractivity contribution in [2.24, 2.45) is 0 Å². The number of fused-ring (bicyclic) bond motifs is 1. The fourth-order valence-electron chi connectivity index (χ4n) is 3.84. The maximum Gasteiger partial charge on any atom is 0.416 e. The summed E-state index contributed by atoms with van der Waals surface area (Å²) in [5, 5.41) is 3.43. The molecular weight excluding hydrogens is 583 g/mol. The van der Waals surface area contributed by atoms with Gasteiger partial charge >= 0.3 is 16.3 Å². The first kappa shape index (κ1) is 25.8. The molecule has 38 heavy (non-hydrogen) atoms. The zero-order valence-corrected chi connectivity index (χ0v) is 21.9. The summed E-state index contributed by atoms with van der Waals surface area (Å²) in [5.74, 6) is 0.687. The van der Waals surface area contributed by atoms with Crippen LogP contribution in [-0.4, -0.2) is 17.8 Å². The van der Waals surface area contributed by atoms with Gasteiger partial charge in [-0.2, -0.15) is 21.6 Å². The number of alkyl halides is 3. The zero-order chi connectivity index (χ0) is 26.9. The minimum Gasteiger partial charge on any atom is -0.379 e. The van der Waals surface area contributed by atoms with Gasteiger partial charge in [-0.05, 0) is 76.1 Å². The molecule has 0 bridgehead atoms. The molecule has 5 rings (SSSR count). The van der Waals surface area contributed by atoms with Crippen LogP contribution in [0.1, 0.15) is 11.1 Å². The minimum absolute atomic E-state index is 0.0449. The fraction of sp³-hybridized carbons (Fsp3) is 0.0741. The van der Waals surface area contributed by atoms with Crippen LogP contribution in [0.15, 0.2) is 107 Å². The number of pyridine rings is 1. The quantitative estimate of drug-likeness (QED) is 0.200. The van der Waals surface area contributed by atoms with Crippen molar-refractivity contribution in [3.8, 4) is 17.0 Å². The van der Waals surface area contributed by atoms with E-state index in [1.807, 2.05) is 53.1 Å². The maximum atomic E-state index is 13.0. The molecule has 2 aromatic heterocycles. The van der Waals surface area contributed by atoms with Gasteiger partial charge in [0, 0.05) is 22.8 Å². The van der Waals surface area contributed by atoms with Crippen LogP contribution in [-0.2, 0) is 22.8 Å². The molecule has 0 saturated carbocycles. The second kappa shape index (κ2) is 10.1. The van der Waals surface area contributed by atoms with Gasteiger partial charge in [-0.25, -0.2) is 4.98 Å². The Hall–Kier alpha value is -3.83.